The number of rotatable bonds is 3. The smallest absolute Gasteiger partial charge is 0.223 e. The first-order chi connectivity index (χ1) is 9.10. The number of nitrogens with one attached hydrogen (secondary N) is 2. The predicted molar refractivity (Wildman–Crippen MR) is 77.7 cm³/mol. The molecule has 0 spiro atoms. The van der Waals surface area contributed by atoms with Crippen molar-refractivity contribution >= 4 is 40.8 Å². The third kappa shape index (κ3) is 3.44. The minimum Gasteiger partial charge on any atom is -0.364 e. The first-order valence-electron chi connectivity index (χ1n) is 5.10. The Morgan fingerprint density at radius 2 is 1.89 bits per heavy atom. The Morgan fingerprint density at radius 3 is 2.53 bits per heavy atom. The van der Waals surface area contributed by atoms with Crippen molar-refractivity contribution in [2.75, 3.05) is 4.72 Å². The second kappa shape index (κ2) is 6.02. The summed E-state index contributed by atoms with van der Waals surface area (Å²) in [6.07, 6.45) is 2.84. The van der Waals surface area contributed by atoms with Crippen molar-refractivity contribution in [1.82, 2.24) is 4.98 Å². The maximum Gasteiger partial charge on any atom is 0.223 e. The molecule has 96 valence electrons. The zero-order valence-corrected chi connectivity index (χ0v) is 11.7. The van der Waals surface area contributed by atoms with Crippen molar-refractivity contribution in [3.8, 4) is 6.07 Å². The highest BCUT2D eigenvalue weighted by atomic mass is 35.5. The van der Waals surface area contributed by atoms with Gasteiger partial charge in [-0.15, -0.1) is 0 Å². The normalized spacial score (nSPS) is 9.95. The third-order valence-corrected chi connectivity index (χ3v) is 3.41. The van der Waals surface area contributed by atoms with Crippen LogP contribution in [0.25, 0.3) is 0 Å². The molecule has 0 bridgehead atoms. The van der Waals surface area contributed by atoms with Gasteiger partial charge in [0.1, 0.15) is 17.3 Å². The fourth-order valence-corrected chi connectivity index (χ4v) is 2.75. The van der Waals surface area contributed by atoms with Crippen LogP contribution in [0.3, 0.4) is 0 Å². The Balaban J connectivity index is 2.20. The molecule has 2 rings (SSSR count). The van der Waals surface area contributed by atoms with Crippen molar-refractivity contribution in [3.63, 3.8) is 0 Å². The maximum absolute atomic E-state index is 11.8. The summed E-state index contributed by atoms with van der Waals surface area (Å²) in [6, 6.07) is 6.87. The lowest BCUT2D eigenvalue weighted by Gasteiger charge is -2.05. The summed E-state index contributed by atoms with van der Waals surface area (Å²) in [5.41, 5.74) is -0.0169. The van der Waals surface area contributed by atoms with Crippen molar-refractivity contribution in [1.29, 1.82) is 5.26 Å². The summed E-state index contributed by atoms with van der Waals surface area (Å²) in [4.78, 5) is 15.3. The van der Waals surface area contributed by atoms with Crippen LogP contribution < -0.4 is 10.2 Å². The number of pyridine rings is 1. The Morgan fingerprint density at radius 1 is 1.21 bits per heavy atom. The number of nitrogens with zero attached hydrogens (tertiary/aromatic N) is 1. The molecule has 2 aromatic rings. The molecular weight excluding hydrogens is 305 g/mol. The minimum atomic E-state index is -0.359. The molecule has 1 aromatic carbocycles. The van der Waals surface area contributed by atoms with Crippen LogP contribution in [-0.2, 0) is 0 Å². The summed E-state index contributed by atoms with van der Waals surface area (Å²) < 4.78 is 2.86. The molecule has 19 heavy (non-hydrogen) atoms. The van der Waals surface area contributed by atoms with E-state index in [4.69, 9.17) is 28.5 Å². The van der Waals surface area contributed by atoms with Crippen molar-refractivity contribution in [2.45, 2.75) is 4.90 Å². The monoisotopic (exact) mass is 311 g/mol. The maximum atomic E-state index is 11.8. The Kier molecular flexibility index (Phi) is 4.38. The van der Waals surface area contributed by atoms with E-state index in [-0.39, 0.29) is 11.0 Å². The van der Waals surface area contributed by atoms with Gasteiger partial charge in [-0.2, -0.15) is 5.26 Å². The van der Waals surface area contributed by atoms with E-state index in [2.05, 4.69) is 9.71 Å². The molecule has 0 fully saturated rings. The van der Waals surface area contributed by atoms with E-state index in [1.54, 1.807) is 18.2 Å². The van der Waals surface area contributed by atoms with E-state index >= 15 is 0 Å². The van der Waals surface area contributed by atoms with Gasteiger partial charge in [0.2, 0.25) is 5.43 Å². The molecule has 0 saturated carbocycles. The number of hydrogen-bond acceptors (Lipinski definition) is 4. The van der Waals surface area contributed by atoms with Gasteiger partial charge in [-0.25, -0.2) is 0 Å². The van der Waals surface area contributed by atoms with Gasteiger partial charge in [0, 0.05) is 27.3 Å². The first-order valence-corrected chi connectivity index (χ1v) is 6.67. The van der Waals surface area contributed by atoms with Crippen molar-refractivity contribution < 1.29 is 0 Å². The van der Waals surface area contributed by atoms with E-state index in [1.807, 2.05) is 6.07 Å². The molecule has 0 aliphatic carbocycles. The number of aromatic nitrogens is 1. The second-order valence-electron chi connectivity index (χ2n) is 3.53. The van der Waals surface area contributed by atoms with Crippen LogP contribution in [0.5, 0.6) is 0 Å². The Labute approximate surface area is 123 Å². The number of nitriles is 1. The van der Waals surface area contributed by atoms with Gasteiger partial charge >= 0.3 is 0 Å². The van der Waals surface area contributed by atoms with Gasteiger partial charge < -0.3 is 9.71 Å². The highest BCUT2D eigenvalue weighted by Gasteiger charge is 2.05. The second-order valence-corrected chi connectivity index (χ2v) is 5.29. The molecule has 7 heteroatoms. The minimum absolute atomic E-state index is 0.0507. The number of hydrogen-bond donors (Lipinski definition) is 2. The number of anilines is 1. The Hall–Kier alpha value is -1.61. The summed E-state index contributed by atoms with van der Waals surface area (Å²) >= 11 is 12.9. The van der Waals surface area contributed by atoms with E-state index in [1.165, 1.54) is 24.3 Å². The third-order valence-electron chi connectivity index (χ3n) is 2.18. The van der Waals surface area contributed by atoms with Crippen LogP contribution in [0.2, 0.25) is 10.0 Å². The zero-order valence-electron chi connectivity index (χ0n) is 9.41. The van der Waals surface area contributed by atoms with Crippen LogP contribution in [-0.4, -0.2) is 4.98 Å². The molecule has 0 unspecified atom stereocenters. The van der Waals surface area contributed by atoms with Crippen LogP contribution in [0.1, 0.15) is 5.56 Å². The lowest BCUT2D eigenvalue weighted by molar-refractivity contribution is 1.28. The SMILES string of the molecule is N#Cc1c[nH]cc(NSc2cc(Cl)cc(Cl)c2)c1=O. The van der Waals surface area contributed by atoms with Crippen LogP contribution in [0.15, 0.2) is 40.3 Å². The summed E-state index contributed by atoms with van der Waals surface area (Å²) in [5.74, 6) is 0. The molecule has 0 atom stereocenters. The molecule has 0 radical (unpaired) electrons. The molecule has 0 amide bonds. The molecular formula is C12H7Cl2N3OS. The van der Waals surface area contributed by atoms with Crippen LogP contribution in [0, 0.1) is 11.3 Å². The van der Waals surface area contributed by atoms with Crippen molar-refractivity contribution in [3.05, 3.63) is 56.4 Å². The molecule has 4 nitrogen and oxygen atoms in total. The van der Waals surface area contributed by atoms with Crippen LogP contribution in [0.4, 0.5) is 5.69 Å². The lowest BCUT2D eigenvalue weighted by atomic mass is 10.3. The molecule has 1 heterocycles. The van der Waals surface area contributed by atoms with E-state index in [0.29, 0.717) is 15.7 Å². The highest BCUT2D eigenvalue weighted by Crippen LogP contribution is 2.26. The molecule has 0 saturated heterocycles. The number of aromatic amines is 1. The molecule has 0 aliphatic heterocycles. The van der Waals surface area contributed by atoms with Gasteiger partial charge in [0.25, 0.3) is 0 Å². The zero-order chi connectivity index (χ0) is 13.8. The number of benzene rings is 1. The van der Waals surface area contributed by atoms with Gasteiger partial charge in [0.05, 0.1) is 0 Å². The van der Waals surface area contributed by atoms with E-state index < -0.39 is 0 Å². The number of H-pyrrole nitrogens is 1. The molecule has 2 N–H and O–H groups in total. The van der Waals surface area contributed by atoms with Gasteiger partial charge in [0.15, 0.2) is 0 Å². The van der Waals surface area contributed by atoms with E-state index in [0.717, 1.165) is 4.90 Å². The molecule has 1 aromatic heterocycles. The molecule has 0 aliphatic rings. The van der Waals surface area contributed by atoms with Crippen molar-refractivity contribution in [2.24, 2.45) is 0 Å². The average Bonchev–Trinajstić information content (AvgIpc) is 2.36. The lowest BCUT2D eigenvalue weighted by Crippen LogP contribution is -2.10. The fourth-order valence-electron chi connectivity index (χ4n) is 1.34. The topological polar surface area (TPSA) is 68.7 Å². The summed E-state index contributed by atoms with van der Waals surface area (Å²) in [6.45, 7) is 0. The highest BCUT2D eigenvalue weighted by molar-refractivity contribution is 8.00. The van der Waals surface area contributed by atoms with Gasteiger partial charge in [-0.3, -0.25) is 4.79 Å². The Bertz CT molecular complexity index is 689. The number of halogens is 2. The largest absolute Gasteiger partial charge is 0.364 e. The summed E-state index contributed by atoms with van der Waals surface area (Å²) in [7, 11) is 0. The quantitative estimate of drug-likeness (QED) is 0.849. The fraction of sp³-hybridized carbons (Fsp3) is 0. The van der Waals surface area contributed by atoms with Gasteiger partial charge in [-0.1, -0.05) is 23.2 Å². The van der Waals surface area contributed by atoms with Gasteiger partial charge in [-0.05, 0) is 30.1 Å². The average molecular weight is 312 g/mol. The first kappa shape index (κ1) is 13.8. The predicted octanol–water partition coefficient (Wildman–Crippen LogP) is 3.67. The van der Waals surface area contributed by atoms with Crippen LogP contribution >= 0.6 is 35.1 Å². The standard InChI is InChI=1S/C12H7Cl2N3OS/c13-8-1-9(14)3-10(2-8)19-17-11-6-16-5-7(4-15)12(11)18/h1-3,5-6,17H,(H,16,18). The van der Waals surface area contributed by atoms with E-state index in [9.17, 15) is 4.79 Å². The summed E-state index contributed by atoms with van der Waals surface area (Å²) in [5, 5.41) is 9.78.